The fraction of sp³-hybridized carbons (Fsp3) is 0.148. The Morgan fingerprint density at radius 1 is 0.587 bits per heavy atom. The lowest BCUT2D eigenvalue weighted by atomic mass is 9.76. The Kier molecular flexibility index (Phi) is 9.24. The van der Waals surface area contributed by atoms with Gasteiger partial charge in [0.1, 0.15) is 0 Å². The van der Waals surface area contributed by atoms with E-state index in [9.17, 15) is 0 Å². The second-order valence-corrected chi connectivity index (χ2v) is 18.5. The van der Waals surface area contributed by atoms with E-state index in [4.69, 9.17) is 0 Å². The van der Waals surface area contributed by atoms with E-state index in [2.05, 4.69) is 250 Å². The van der Waals surface area contributed by atoms with Gasteiger partial charge in [-0.15, -0.1) is 0 Å². The molecule has 2 nitrogen and oxygen atoms in total. The van der Waals surface area contributed by atoms with E-state index >= 15 is 0 Å². The first kappa shape index (κ1) is 38.7. The molecule has 0 N–H and O–H groups in total. The molecule has 0 saturated heterocycles. The minimum Gasteiger partial charge on any atom is -0.337 e. The maximum atomic E-state index is 4.42. The number of hydrogen-bond donors (Lipinski definition) is 0. The first-order valence-corrected chi connectivity index (χ1v) is 22.4. The largest absolute Gasteiger partial charge is 0.337 e. The molecule has 8 aromatic rings. The molecule has 306 valence electrons. The quantitative estimate of drug-likeness (QED) is 0.141. The average molecular weight is 813 g/mol. The molecule has 1 aromatic heterocycles. The summed E-state index contributed by atoms with van der Waals surface area (Å²) in [7, 11) is 0. The first-order chi connectivity index (χ1) is 30.7. The van der Waals surface area contributed by atoms with Gasteiger partial charge in [-0.3, -0.25) is 0 Å². The van der Waals surface area contributed by atoms with Crippen molar-refractivity contribution in [2.75, 3.05) is 4.90 Å². The van der Waals surface area contributed by atoms with Crippen LogP contribution in [0.5, 0.6) is 0 Å². The summed E-state index contributed by atoms with van der Waals surface area (Å²) in [5.41, 5.74) is 19.0. The van der Waals surface area contributed by atoms with E-state index in [1.807, 2.05) is 0 Å². The number of fused-ring (bicyclic) bond motifs is 7. The van der Waals surface area contributed by atoms with Crippen LogP contribution in [0.25, 0.3) is 49.6 Å². The Bertz CT molecular complexity index is 3050. The van der Waals surface area contributed by atoms with Crippen LogP contribution in [0.4, 0.5) is 11.4 Å². The number of hydrogen-bond acceptors (Lipinski definition) is 1. The van der Waals surface area contributed by atoms with E-state index in [1.54, 1.807) is 0 Å². The van der Waals surface area contributed by atoms with Gasteiger partial charge in [-0.05, 0) is 98.1 Å². The van der Waals surface area contributed by atoms with Crippen molar-refractivity contribution in [3.05, 3.63) is 246 Å². The first-order valence-electron chi connectivity index (χ1n) is 22.4. The number of benzene rings is 7. The van der Waals surface area contributed by atoms with Gasteiger partial charge >= 0.3 is 0 Å². The highest BCUT2D eigenvalue weighted by Gasteiger charge is 2.49. The minimum absolute atomic E-state index is 0.0515. The molecule has 2 heteroatoms. The Morgan fingerprint density at radius 3 is 1.67 bits per heavy atom. The SMILES string of the molecule is C=CC1=C(/C=C\Cn2c3ccccc3c3ccccc32)c2cc3c(cc2C1(C)C)C1C(=CC=CC1N(c1ccc(-c2ccccc2)cc1)c1ccc(-c2ccccc2)cc1)C3(C)C. The number of allylic oxidation sites excluding steroid dienone is 7. The molecule has 63 heavy (non-hydrogen) atoms. The summed E-state index contributed by atoms with van der Waals surface area (Å²) < 4.78 is 2.45. The summed E-state index contributed by atoms with van der Waals surface area (Å²) in [5.74, 6) is 0.158. The standard InChI is InChI=1S/C61H52N2/c1-6-52-47(25-18-38-62-56-27-15-13-23-48(56)49-24-14-16-28-57(49)62)50-39-55-51(40-54(50)60(52,2)3)59-53(61(55,4)5)26-17-29-58(59)63(45-34-30-43(31-35-45)41-19-9-7-10-20-41)46-36-32-44(33-37-46)42-21-11-8-12-22-42/h6-37,39-40,58-59H,1,38H2,2-5H3/b25-18-. The van der Waals surface area contributed by atoms with Gasteiger partial charge in [0.05, 0.1) is 6.04 Å². The topological polar surface area (TPSA) is 8.17 Å². The van der Waals surface area contributed by atoms with Gasteiger partial charge in [-0.25, -0.2) is 0 Å². The number of nitrogens with zero attached hydrogens (tertiary/aromatic N) is 2. The number of para-hydroxylation sites is 2. The number of anilines is 2. The zero-order valence-electron chi connectivity index (χ0n) is 36.6. The van der Waals surface area contributed by atoms with Crippen molar-refractivity contribution in [2.24, 2.45) is 0 Å². The lowest BCUT2D eigenvalue weighted by Crippen LogP contribution is -2.37. The third-order valence-corrected chi connectivity index (χ3v) is 14.4. The number of aromatic nitrogens is 1. The minimum atomic E-state index is -0.213. The van der Waals surface area contributed by atoms with Gasteiger partial charge in [0.2, 0.25) is 0 Å². The molecule has 11 rings (SSSR count). The van der Waals surface area contributed by atoms with E-state index in [1.165, 1.54) is 94.4 Å². The van der Waals surface area contributed by atoms with Gasteiger partial charge < -0.3 is 9.47 Å². The molecule has 1 heterocycles. The molecule has 7 aromatic carbocycles. The van der Waals surface area contributed by atoms with Crippen molar-refractivity contribution < 1.29 is 0 Å². The highest BCUT2D eigenvalue weighted by atomic mass is 15.2. The van der Waals surface area contributed by atoms with Crippen molar-refractivity contribution >= 4 is 38.8 Å². The van der Waals surface area contributed by atoms with Gasteiger partial charge in [0.25, 0.3) is 0 Å². The van der Waals surface area contributed by atoms with Crippen LogP contribution in [-0.2, 0) is 17.4 Å². The zero-order chi connectivity index (χ0) is 42.9. The summed E-state index contributed by atoms with van der Waals surface area (Å²) in [6.45, 7) is 14.8. The van der Waals surface area contributed by atoms with Crippen LogP contribution in [0.2, 0.25) is 0 Å². The molecule has 2 unspecified atom stereocenters. The molecular formula is C61H52N2. The monoisotopic (exact) mass is 812 g/mol. The Hall–Kier alpha value is -7.16. The van der Waals surface area contributed by atoms with E-state index < -0.39 is 0 Å². The van der Waals surface area contributed by atoms with Crippen LogP contribution in [0.1, 0.15) is 55.9 Å². The molecule has 0 amide bonds. The lowest BCUT2D eigenvalue weighted by molar-refractivity contribution is 0.580. The maximum Gasteiger partial charge on any atom is 0.0631 e. The molecule has 0 aliphatic heterocycles. The van der Waals surface area contributed by atoms with E-state index in [0.717, 1.165) is 6.54 Å². The number of rotatable bonds is 9. The van der Waals surface area contributed by atoms with Crippen molar-refractivity contribution in [2.45, 2.75) is 57.0 Å². The second-order valence-electron chi connectivity index (χ2n) is 18.5. The van der Waals surface area contributed by atoms with Crippen molar-refractivity contribution in [1.29, 1.82) is 0 Å². The second kappa shape index (κ2) is 15.0. The third-order valence-electron chi connectivity index (χ3n) is 14.4. The lowest BCUT2D eigenvalue weighted by Gasteiger charge is -2.39. The molecule has 0 fully saturated rings. The Labute approximate surface area is 372 Å². The average Bonchev–Trinajstić information content (AvgIpc) is 3.85. The smallest absolute Gasteiger partial charge is 0.0631 e. The van der Waals surface area contributed by atoms with Crippen LogP contribution < -0.4 is 4.90 Å². The fourth-order valence-electron chi connectivity index (χ4n) is 11.2. The maximum absolute atomic E-state index is 4.42. The van der Waals surface area contributed by atoms with Gasteiger partial charge in [0.15, 0.2) is 0 Å². The van der Waals surface area contributed by atoms with E-state index in [-0.39, 0.29) is 22.8 Å². The molecule has 0 saturated carbocycles. The molecule has 0 radical (unpaired) electrons. The summed E-state index contributed by atoms with van der Waals surface area (Å²) in [6.07, 6.45) is 14.0. The van der Waals surface area contributed by atoms with Crippen molar-refractivity contribution in [1.82, 2.24) is 4.57 Å². The predicted octanol–water partition coefficient (Wildman–Crippen LogP) is 15.7. The fourth-order valence-corrected chi connectivity index (χ4v) is 11.2. The summed E-state index contributed by atoms with van der Waals surface area (Å²) >= 11 is 0. The van der Waals surface area contributed by atoms with E-state index in [0.29, 0.717) is 0 Å². The highest BCUT2D eigenvalue weighted by Crippen LogP contribution is 2.58. The highest BCUT2D eigenvalue weighted by molar-refractivity contribution is 6.08. The summed E-state index contributed by atoms with van der Waals surface area (Å²) in [5, 5.41) is 2.60. The molecule has 0 bridgehead atoms. The van der Waals surface area contributed by atoms with Crippen LogP contribution in [-0.4, -0.2) is 10.6 Å². The van der Waals surface area contributed by atoms with Gasteiger partial charge in [-0.1, -0.05) is 204 Å². The molecule has 3 aliphatic rings. The molecule has 0 spiro atoms. The van der Waals surface area contributed by atoms with Crippen LogP contribution in [0.3, 0.4) is 0 Å². The summed E-state index contributed by atoms with van der Waals surface area (Å²) in [6, 6.07) is 62.4. The zero-order valence-corrected chi connectivity index (χ0v) is 36.6. The Balaban J connectivity index is 1.00. The van der Waals surface area contributed by atoms with Crippen molar-refractivity contribution in [3.63, 3.8) is 0 Å². The third kappa shape index (κ3) is 6.22. The van der Waals surface area contributed by atoms with Crippen LogP contribution in [0, 0.1) is 0 Å². The van der Waals surface area contributed by atoms with Gasteiger partial charge in [0, 0.05) is 56.5 Å². The van der Waals surface area contributed by atoms with Crippen molar-refractivity contribution in [3.8, 4) is 22.3 Å². The molecule has 2 atom stereocenters. The Morgan fingerprint density at radius 2 is 1.11 bits per heavy atom. The molecular weight excluding hydrogens is 761 g/mol. The normalized spacial score (nSPS) is 18.1. The van der Waals surface area contributed by atoms with Crippen LogP contribution in [0.15, 0.2) is 224 Å². The summed E-state index contributed by atoms with van der Waals surface area (Å²) in [4.78, 5) is 2.58. The predicted molar refractivity (Wildman–Crippen MR) is 268 cm³/mol. The molecule has 3 aliphatic carbocycles. The van der Waals surface area contributed by atoms with Crippen LogP contribution >= 0.6 is 0 Å². The van der Waals surface area contributed by atoms with Gasteiger partial charge in [-0.2, -0.15) is 0 Å².